The summed E-state index contributed by atoms with van der Waals surface area (Å²) in [6.07, 6.45) is 6.00. The van der Waals surface area contributed by atoms with Gasteiger partial charge in [0.2, 0.25) is 0 Å². The minimum absolute atomic E-state index is 1.08. The van der Waals surface area contributed by atoms with E-state index in [2.05, 4.69) is 11.8 Å². The summed E-state index contributed by atoms with van der Waals surface area (Å²) in [4.78, 5) is 2.65. The molecule has 2 saturated carbocycles. The molecule has 0 heterocycles. The molecule has 2 rings (SSSR count). The van der Waals surface area contributed by atoms with Crippen molar-refractivity contribution in [2.45, 2.75) is 32.6 Å². The fourth-order valence-corrected chi connectivity index (χ4v) is 1.66. The van der Waals surface area contributed by atoms with E-state index >= 15 is 0 Å². The lowest BCUT2D eigenvalue weighted by atomic mass is 10.3. The van der Waals surface area contributed by atoms with Crippen molar-refractivity contribution >= 4 is 0 Å². The second-order valence-corrected chi connectivity index (χ2v) is 4.24. The topological polar surface area (TPSA) is 3.24 Å². The number of hydrogen-bond acceptors (Lipinski definition) is 1. The number of nitrogens with zero attached hydrogens (tertiary/aromatic N) is 1. The quantitative estimate of drug-likeness (QED) is 0.585. The molecule has 2 aliphatic carbocycles. The van der Waals surface area contributed by atoms with Crippen LogP contribution in [-0.2, 0) is 0 Å². The molecule has 0 unspecified atom stereocenters. The Labute approximate surface area is 69.8 Å². The van der Waals surface area contributed by atoms with Crippen LogP contribution in [0.25, 0.3) is 0 Å². The molecular weight excluding hydrogens is 134 g/mol. The third kappa shape index (κ3) is 2.48. The van der Waals surface area contributed by atoms with Gasteiger partial charge in [-0.3, -0.25) is 0 Å². The smallest absolute Gasteiger partial charge is 0.000966 e. The highest BCUT2D eigenvalue weighted by atomic mass is 15.1. The molecular formula is C10H19N. The van der Waals surface area contributed by atoms with E-state index in [1.807, 2.05) is 0 Å². The van der Waals surface area contributed by atoms with Crippen LogP contribution < -0.4 is 0 Å². The zero-order valence-corrected chi connectivity index (χ0v) is 7.55. The number of rotatable bonds is 5. The van der Waals surface area contributed by atoms with Crippen LogP contribution in [-0.4, -0.2) is 24.5 Å². The van der Waals surface area contributed by atoms with Crippen molar-refractivity contribution in [3.8, 4) is 0 Å². The monoisotopic (exact) mass is 153 g/mol. The van der Waals surface area contributed by atoms with Crippen molar-refractivity contribution in [1.29, 1.82) is 0 Å². The lowest BCUT2D eigenvalue weighted by molar-refractivity contribution is 0.266. The Bertz CT molecular complexity index is 111. The molecule has 0 aromatic rings. The van der Waals surface area contributed by atoms with Crippen molar-refractivity contribution in [2.24, 2.45) is 11.8 Å². The van der Waals surface area contributed by atoms with Crippen LogP contribution in [0.4, 0.5) is 0 Å². The molecule has 0 aromatic carbocycles. The molecule has 0 radical (unpaired) electrons. The van der Waals surface area contributed by atoms with E-state index in [1.54, 1.807) is 0 Å². The van der Waals surface area contributed by atoms with Gasteiger partial charge in [-0.1, -0.05) is 6.92 Å². The van der Waals surface area contributed by atoms with E-state index in [0.29, 0.717) is 0 Å². The van der Waals surface area contributed by atoms with Crippen LogP contribution in [0.5, 0.6) is 0 Å². The lowest BCUT2D eigenvalue weighted by Crippen LogP contribution is -2.27. The third-order valence-corrected chi connectivity index (χ3v) is 2.87. The Morgan fingerprint density at radius 2 is 1.45 bits per heavy atom. The van der Waals surface area contributed by atoms with Crippen molar-refractivity contribution in [3.05, 3.63) is 0 Å². The molecule has 2 fully saturated rings. The van der Waals surface area contributed by atoms with Gasteiger partial charge >= 0.3 is 0 Å². The first kappa shape index (κ1) is 7.60. The molecule has 1 nitrogen and oxygen atoms in total. The Kier molecular flexibility index (Phi) is 2.17. The second-order valence-electron chi connectivity index (χ2n) is 4.24. The van der Waals surface area contributed by atoms with Crippen LogP contribution >= 0.6 is 0 Å². The third-order valence-electron chi connectivity index (χ3n) is 2.87. The van der Waals surface area contributed by atoms with Crippen molar-refractivity contribution in [3.63, 3.8) is 0 Å². The summed E-state index contributed by atoms with van der Waals surface area (Å²) in [7, 11) is 0. The molecule has 0 atom stereocenters. The maximum atomic E-state index is 2.65. The Balaban J connectivity index is 1.65. The second kappa shape index (κ2) is 3.14. The van der Waals surface area contributed by atoms with Gasteiger partial charge < -0.3 is 4.90 Å². The van der Waals surface area contributed by atoms with Crippen LogP contribution in [0.15, 0.2) is 0 Å². The molecule has 1 heteroatoms. The van der Waals surface area contributed by atoms with Crippen LogP contribution in [0.2, 0.25) is 0 Å². The van der Waals surface area contributed by atoms with Gasteiger partial charge in [-0.15, -0.1) is 0 Å². The number of hydrogen-bond donors (Lipinski definition) is 0. The molecule has 64 valence electrons. The molecule has 2 aliphatic rings. The maximum absolute atomic E-state index is 2.65. The van der Waals surface area contributed by atoms with Gasteiger partial charge in [-0.05, 0) is 44.1 Å². The minimum atomic E-state index is 1.08. The summed E-state index contributed by atoms with van der Waals surface area (Å²) in [6, 6.07) is 0. The van der Waals surface area contributed by atoms with Gasteiger partial charge in [0.15, 0.2) is 0 Å². The predicted molar refractivity (Wildman–Crippen MR) is 47.6 cm³/mol. The molecule has 0 saturated heterocycles. The van der Waals surface area contributed by atoms with E-state index in [9.17, 15) is 0 Å². The first-order chi connectivity index (χ1) is 5.38. The highest BCUT2D eigenvalue weighted by Gasteiger charge is 2.28. The SMILES string of the molecule is CCN(CC1CC1)CC1CC1. The van der Waals surface area contributed by atoms with Crippen molar-refractivity contribution in [2.75, 3.05) is 19.6 Å². The standard InChI is InChI=1S/C10H19N/c1-2-11(7-9-3-4-9)8-10-5-6-10/h9-10H,2-8H2,1H3. The molecule has 0 aliphatic heterocycles. The molecule has 0 bridgehead atoms. The van der Waals surface area contributed by atoms with Gasteiger partial charge in [-0.25, -0.2) is 0 Å². The van der Waals surface area contributed by atoms with Crippen molar-refractivity contribution < 1.29 is 0 Å². The first-order valence-corrected chi connectivity index (χ1v) is 5.11. The maximum Gasteiger partial charge on any atom is 0.000966 e. The van der Waals surface area contributed by atoms with Crippen LogP contribution in [0.1, 0.15) is 32.6 Å². The Morgan fingerprint density at radius 1 is 1.00 bits per heavy atom. The molecule has 11 heavy (non-hydrogen) atoms. The zero-order chi connectivity index (χ0) is 7.68. The van der Waals surface area contributed by atoms with Gasteiger partial charge in [0, 0.05) is 13.1 Å². The van der Waals surface area contributed by atoms with Gasteiger partial charge in [-0.2, -0.15) is 0 Å². The summed E-state index contributed by atoms with van der Waals surface area (Å²) >= 11 is 0. The lowest BCUT2D eigenvalue weighted by Gasteiger charge is -2.19. The average molecular weight is 153 g/mol. The predicted octanol–water partition coefficient (Wildman–Crippen LogP) is 2.13. The molecule has 0 N–H and O–H groups in total. The van der Waals surface area contributed by atoms with Crippen LogP contribution in [0.3, 0.4) is 0 Å². The van der Waals surface area contributed by atoms with Gasteiger partial charge in [0.25, 0.3) is 0 Å². The summed E-state index contributed by atoms with van der Waals surface area (Å²) in [6.45, 7) is 6.36. The van der Waals surface area contributed by atoms with Gasteiger partial charge in [0.05, 0.1) is 0 Å². The first-order valence-electron chi connectivity index (χ1n) is 5.11. The normalized spacial score (nSPS) is 24.5. The van der Waals surface area contributed by atoms with Crippen molar-refractivity contribution in [1.82, 2.24) is 4.90 Å². The van der Waals surface area contributed by atoms with E-state index in [-0.39, 0.29) is 0 Å². The summed E-state index contributed by atoms with van der Waals surface area (Å²) in [5.74, 6) is 2.15. The van der Waals surface area contributed by atoms with E-state index in [0.717, 1.165) is 11.8 Å². The Hall–Kier alpha value is -0.0400. The van der Waals surface area contributed by atoms with Crippen LogP contribution in [0, 0.1) is 11.8 Å². The van der Waals surface area contributed by atoms with E-state index in [1.165, 1.54) is 45.3 Å². The molecule has 0 spiro atoms. The average Bonchev–Trinajstić information content (AvgIpc) is 2.78. The fraction of sp³-hybridized carbons (Fsp3) is 1.00. The highest BCUT2D eigenvalue weighted by Crippen LogP contribution is 2.33. The summed E-state index contributed by atoms with van der Waals surface area (Å²) in [5, 5.41) is 0. The minimum Gasteiger partial charge on any atom is -0.303 e. The van der Waals surface area contributed by atoms with E-state index < -0.39 is 0 Å². The highest BCUT2D eigenvalue weighted by molar-refractivity contribution is 4.81. The summed E-state index contributed by atoms with van der Waals surface area (Å²) < 4.78 is 0. The van der Waals surface area contributed by atoms with Gasteiger partial charge in [0.1, 0.15) is 0 Å². The summed E-state index contributed by atoms with van der Waals surface area (Å²) in [5.41, 5.74) is 0. The molecule has 0 amide bonds. The zero-order valence-electron chi connectivity index (χ0n) is 7.55. The largest absolute Gasteiger partial charge is 0.303 e. The fourth-order valence-electron chi connectivity index (χ4n) is 1.66. The van der Waals surface area contributed by atoms with E-state index in [4.69, 9.17) is 0 Å². The Morgan fingerprint density at radius 3 is 1.73 bits per heavy atom. The molecule has 0 aromatic heterocycles.